The molecule has 0 radical (unpaired) electrons. The smallest absolute Gasteiger partial charge is 0.192 e. The monoisotopic (exact) mass is 1030 g/mol. The van der Waals surface area contributed by atoms with Gasteiger partial charge in [0.2, 0.25) is 0 Å². The number of hydrogen-bond acceptors (Lipinski definition) is 11. The highest BCUT2D eigenvalue weighted by atomic mass is 28.4. The summed E-state index contributed by atoms with van der Waals surface area (Å²) in [7, 11) is -3.41. The van der Waals surface area contributed by atoms with Crippen molar-refractivity contribution in [2.24, 2.45) is 0 Å². The second kappa shape index (κ2) is 26.2. The summed E-state index contributed by atoms with van der Waals surface area (Å²) in [5, 5.41) is -0.265. The molecular weight excluding hydrogens is 953 g/mol. The van der Waals surface area contributed by atoms with Crippen molar-refractivity contribution in [1.29, 1.82) is 0 Å². The number of ether oxygens (including phenoxy) is 9. The van der Waals surface area contributed by atoms with Gasteiger partial charge in [0, 0.05) is 7.11 Å². The molecule has 2 aliphatic rings. The van der Waals surface area contributed by atoms with Crippen LogP contribution in [0.25, 0.3) is 0 Å². The van der Waals surface area contributed by atoms with Crippen molar-refractivity contribution in [3.63, 3.8) is 0 Å². The minimum atomic E-state index is -2.55. The van der Waals surface area contributed by atoms with Crippen LogP contribution in [0.1, 0.15) is 69.4 Å². The normalized spacial score (nSPS) is 25.1. The first kappa shape index (κ1) is 56.8. The van der Waals surface area contributed by atoms with Crippen LogP contribution in [0.3, 0.4) is 0 Å². The summed E-state index contributed by atoms with van der Waals surface area (Å²) in [6, 6.07) is 50.6. The Bertz CT molecular complexity index is 2330. The molecule has 0 spiro atoms. The lowest BCUT2D eigenvalue weighted by atomic mass is 9.97. The Morgan fingerprint density at radius 2 is 0.699 bits per heavy atom. The van der Waals surface area contributed by atoms with Gasteiger partial charge in [-0.25, -0.2) is 0 Å². The lowest BCUT2D eigenvalue weighted by Crippen LogP contribution is -2.67. The second-order valence-electron chi connectivity index (χ2n) is 22.4. The number of methoxy groups -OCH3 is 1. The van der Waals surface area contributed by atoms with E-state index in [4.69, 9.17) is 51.5 Å². The van der Waals surface area contributed by atoms with Gasteiger partial charge in [-0.3, -0.25) is 0 Å². The van der Waals surface area contributed by atoms with E-state index in [1.165, 1.54) is 0 Å². The summed E-state index contributed by atoms with van der Waals surface area (Å²) >= 11 is 0. The minimum Gasteiger partial charge on any atom is -0.408 e. The fourth-order valence-electron chi connectivity index (χ4n) is 8.53. The topological polar surface area (TPSA) is 102 Å². The summed E-state index contributed by atoms with van der Waals surface area (Å²) in [6.45, 7) is 24.5. The summed E-state index contributed by atoms with van der Waals surface area (Å²) in [5.74, 6) is 0. The molecule has 2 aliphatic heterocycles. The first-order valence-corrected chi connectivity index (χ1v) is 31.8. The standard InChI is InChI=1S/C60H82O11Si2/c1-59(2,3)72(8,9)70-52-49(42-62-37-44-27-17-12-18-28-44)69-58(56(66-41-48-35-25-16-26-36-48)54(52)71-73(10,11)60(4,5)6)67-43-50-51(63-38-45-29-19-13-20-30-45)53(64-39-46-31-21-14-22-32-46)55(57(61-7)68-50)65-40-47-33-23-15-24-34-47/h12-36,49-58H,37-43H2,1-11H3/t49-,50-,51-,52-,53+,54+,55-,56-,57+,58?/m1/s1. The SMILES string of the molecule is CO[C@H]1O[C@H](COC2O[C@H](COCc3ccccc3)[C@@H](O[Si](C)(C)C(C)(C)C)[C@H](O[Si](C)(C)C(C)(C)C)[C@H]2OCc2ccccc2)[C@@H](OCc2ccccc2)[C@H](OCc2ccccc2)[C@H]1OCc1ccccc1. The van der Waals surface area contributed by atoms with Crippen molar-refractivity contribution < 1.29 is 51.5 Å². The minimum absolute atomic E-state index is 0.0178. The Hall–Kier alpha value is -3.91. The van der Waals surface area contributed by atoms with E-state index in [1.807, 2.05) is 127 Å². The van der Waals surface area contributed by atoms with Crippen molar-refractivity contribution in [2.45, 2.75) is 172 Å². The molecule has 13 heteroatoms. The van der Waals surface area contributed by atoms with Gasteiger partial charge in [0.1, 0.15) is 48.8 Å². The van der Waals surface area contributed by atoms with Crippen molar-refractivity contribution in [2.75, 3.05) is 20.3 Å². The average Bonchev–Trinajstić information content (AvgIpc) is 3.37. The molecule has 0 aromatic heterocycles. The predicted octanol–water partition coefficient (Wildman–Crippen LogP) is 12.4. The highest BCUT2D eigenvalue weighted by molar-refractivity contribution is 6.74. The summed E-state index contributed by atoms with van der Waals surface area (Å²) in [4.78, 5) is 0. The quantitative estimate of drug-likeness (QED) is 0.0552. The van der Waals surface area contributed by atoms with Crippen LogP contribution < -0.4 is 0 Å². The van der Waals surface area contributed by atoms with Gasteiger partial charge in [-0.15, -0.1) is 0 Å². The molecule has 1 unspecified atom stereocenters. The van der Waals surface area contributed by atoms with Crippen LogP contribution >= 0.6 is 0 Å². The zero-order valence-corrected chi connectivity index (χ0v) is 47.1. The van der Waals surface area contributed by atoms with Gasteiger partial charge in [0.15, 0.2) is 29.2 Å². The molecule has 11 nitrogen and oxygen atoms in total. The van der Waals surface area contributed by atoms with Gasteiger partial charge in [-0.1, -0.05) is 193 Å². The van der Waals surface area contributed by atoms with Crippen LogP contribution in [-0.2, 0) is 84.5 Å². The third-order valence-electron chi connectivity index (χ3n) is 14.8. The van der Waals surface area contributed by atoms with Gasteiger partial charge in [0.25, 0.3) is 0 Å². The third kappa shape index (κ3) is 15.8. The second-order valence-corrected chi connectivity index (χ2v) is 31.9. The lowest BCUT2D eigenvalue weighted by molar-refractivity contribution is -0.344. The average molecular weight is 1040 g/mol. The Kier molecular flexibility index (Phi) is 20.4. The molecule has 2 saturated heterocycles. The maximum absolute atomic E-state index is 7.63. The number of rotatable bonds is 24. The fraction of sp³-hybridized carbons (Fsp3) is 0.500. The van der Waals surface area contributed by atoms with Gasteiger partial charge in [-0.2, -0.15) is 0 Å². The first-order chi connectivity index (χ1) is 34.9. The van der Waals surface area contributed by atoms with Crippen LogP contribution in [0, 0.1) is 0 Å². The van der Waals surface area contributed by atoms with E-state index in [-0.39, 0.29) is 29.9 Å². The first-order valence-electron chi connectivity index (χ1n) is 26.0. The molecule has 2 heterocycles. The zero-order valence-electron chi connectivity index (χ0n) is 45.1. The molecule has 5 aromatic carbocycles. The summed E-state index contributed by atoms with van der Waals surface area (Å²) < 4.78 is 77.1. The van der Waals surface area contributed by atoms with Gasteiger partial charge < -0.3 is 51.5 Å². The number of benzene rings is 5. The lowest BCUT2D eigenvalue weighted by Gasteiger charge is -2.53. The van der Waals surface area contributed by atoms with Gasteiger partial charge in [0.05, 0.1) is 46.2 Å². The van der Waals surface area contributed by atoms with Crippen LogP contribution in [0.4, 0.5) is 0 Å². The van der Waals surface area contributed by atoms with E-state index in [9.17, 15) is 0 Å². The van der Waals surface area contributed by atoms with Crippen molar-refractivity contribution >= 4 is 16.6 Å². The number of hydrogen-bond donors (Lipinski definition) is 0. The third-order valence-corrected chi connectivity index (χ3v) is 23.8. The summed E-state index contributed by atoms with van der Waals surface area (Å²) in [5.41, 5.74) is 5.09. The van der Waals surface area contributed by atoms with E-state index in [0.717, 1.165) is 27.8 Å². The maximum atomic E-state index is 7.63. The Morgan fingerprint density at radius 3 is 1.10 bits per heavy atom. The highest BCUT2D eigenvalue weighted by Gasteiger charge is 2.56. The van der Waals surface area contributed by atoms with Crippen molar-refractivity contribution in [1.82, 2.24) is 0 Å². The van der Waals surface area contributed by atoms with Crippen LogP contribution in [0.15, 0.2) is 152 Å². The molecular formula is C60H82O11Si2. The van der Waals surface area contributed by atoms with Gasteiger partial charge >= 0.3 is 0 Å². The van der Waals surface area contributed by atoms with Crippen LogP contribution in [0.2, 0.25) is 36.3 Å². The molecule has 0 aliphatic carbocycles. The van der Waals surface area contributed by atoms with E-state index in [0.29, 0.717) is 26.4 Å². The Labute approximate surface area is 438 Å². The largest absolute Gasteiger partial charge is 0.408 e. The molecule has 396 valence electrons. The molecule has 0 N–H and O–H groups in total. The van der Waals surface area contributed by atoms with Crippen molar-refractivity contribution in [3.8, 4) is 0 Å². The highest BCUT2D eigenvalue weighted by Crippen LogP contribution is 2.44. The molecule has 0 bridgehead atoms. The van der Waals surface area contributed by atoms with E-state index in [2.05, 4.69) is 92.0 Å². The Morgan fingerprint density at radius 1 is 0.370 bits per heavy atom. The zero-order chi connectivity index (χ0) is 52.1. The van der Waals surface area contributed by atoms with E-state index in [1.54, 1.807) is 7.11 Å². The molecule has 2 fully saturated rings. The molecule has 73 heavy (non-hydrogen) atoms. The molecule has 5 aromatic rings. The van der Waals surface area contributed by atoms with Crippen molar-refractivity contribution in [3.05, 3.63) is 179 Å². The predicted molar refractivity (Wildman–Crippen MR) is 291 cm³/mol. The molecule has 0 saturated carbocycles. The van der Waals surface area contributed by atoms with Crippen LogP contribution in [0.5, 0.6) is 0 Å². The Balaban J connectivity index is 1.27. The molecule has 0 amide bonds. The molecule has 7 rings (SSSR count). The fourth-order valence-corrected chi connectivity index (χ4v) is 11.1. The van der Waals surface area contributed by atoms with E-state index >= 15 is 0 Å². The van der Waals surface area contributed by atoms with Gasteiger partial charge in [-0.05, 0) is 64.1 Å². The maximum Gasteiger partial charge on any atom is 0.192 e. The van der Waals surface area contributed by atoms with Crippen LogP contribution in [-0.4, -0.2) is 98.4 Å². The van der Waals surface area contributed by atoms with E-state index < -0.39 is 78.0 Å². The summed E-state index contributed by atoms with van der Waals surface area (Å²) in [6.07, 6.45) is -7.07. The molecule has 10 atom stereocenters.